The van der Waals surface area contributed by atoms with E-state index in [0.717, 1.165) is 25.8 Å². The van der Waals surface area contributed by atoms with E-state index in [9.17, 15) is 9.59 Å². The number of rotatable bonds is 5. The van der Waals surface area contributed by atoms with Crippen LogP contribution >= 0.6 is 0 Å². The highest BCUT2D eigenvalue weighted by Gasteiger charge is 2.25. The first-order chi connectivity index (χ1) is 7.19. The maximum Gasteiger partial charge on any atom is 0.237 e. The molecular weight excluding hydrogens is 192 g/mol. The van der Waals surface area contributed by atoms with E-state index in [2.05, 4.69) is 10.6 Å². The van der Waals surface area contributed by atoms with Crippen molar-refractivity contribution in [2.45, 2.75) is 45.2 Å². The van der Waals surface area contributed by atoms with Gasteiger partial charge in [-0.2, -0.15) is 0 Å². The molecule has 0 aromatic heterocycles. The summed E-state index contributed by atoms with van der Waals surface area (Å²) in [7, 11) is 0. The predicted octanol–water partition coefficient (Wildman–Crippen LogP) is 0.379. The van der Waals surface area contributed by atoms with Crippen molar-refractivity contribution in [1.82, 2.24) is 10.6 Å². The fourth-order valence-corrected chi connectivity index (χ4v) is 1.69. The van der Waals surface area contributed by atoms with Crippen LogP contribution in [0, 0.1) is 5.92 Å². The molecule has 1 radical (unpaired) electrons. The zero-order valence-corrected chi connectivity index (χ0v) is 9.38. The van der Waals surface area contributed by atoms with E-state index < -0.39 is 6.04 Å². The second kappa shape index (κ2) is 5.85. The largest absolute Gasteiger partial charge is 0.344 e. The van der Waals surface area contributed by atoms with Crippen LogP contribution in [0.1, 0.15) is 33.1 Å². The Morgan fingerprint density at radius 3 is 2.87 bits per heavy atom. The third-order valence-corrected chi connectivity index (χ3v) is 3.01. The van der Waals surface area contributed by atoms with Gasteiger partial charge in [-0.3, -0.25) is 9.59 Å². The zero-order valence-electron chi connectivity index (χ0n) is 9.38. The third-order valence-electron chi connectivity index (χ3n) is 3.01. The van der Waals surface area contributed by atoms with E-state index in [1.807, 2.05) is 20.1 Å². The molecule has 0 bridgehead atoms. The van der Waals surface area contributed by atoms with Crippen LogP contribution in [0.4, 0.5) is 0 Å². The third kappa shape index (κ3) is 3.30. The van der Waals surface area contributed by atoms with Crippen molar-refractivity contribution < 1.29 is 9.59 Å². The highest BCUT2D eigenvalue weighted by Crippen LogP contribution is 2.08. The maximum atomic E-state index is 11.7. The molecule has 1 saturated heterocycles. The molecule has 4 heteroatoms. The lowest BCUT2D eigenvalue weighted by Crippen LogP contribution is -2.48. The topological polar surface area (TPSA) is 58.2 Å². The van der Waals surface area contributed by atoms with Crippen LogP contribution in [-0.2, 0) is 9.59 Å². The Kier molecular flexibility index (Phi) is 4.75. The van der Waals surface area contributed by atoms with E-state index in [1.165, 1.54) is 0 Å². The van der Waals surface area contributed by atoms with E-state index >= 15 is 0 Å². The molecule has 2 N–H and O–H groups in total. The normalized spacial score (nSPS) is 24.5. The molecule has 0 spiro atoms. The first kappa shape index (κ1) is 12.2. The van der Waals surface area contributed by atoms with E-state index in [4.69, 9.17) is 0 Å². The molecule has 1 amide bonds. The Morgan fingerprint density at radius 1 is 1.67 bits per heavy atom. The van der Waals surface area contributed by atoms with Crippen LogP contribution in [0.25, 0.3) is 0 Å². The van der Waals surface area contributed by atoms with Crippen LogP contribution in [0.3, 0.4) is 0 Å². The number of hydrogen-bond acceptors (Lipinski definition) is 3. The number of carbonyl (C=O) groups is 1. The van der Waals surface area contributed by atoms with E-state index in [0.29, 0.717) is 0 Å². The van der Waals surface area contributed by atoms with Crippen LogP contribution < -0.4 is 10.6 Å². The molecule has 1 heterocycles. The van der Waals surface area contributed by atoms with Crippen molar-refractivity contribution in [3.8, 4) is 0 Å². The van der Waals surface area contributed by atoms with Gasteiger partial charge in [0.2, 0.25) is 12.2 Å². The van der Waals surface area contributed by atoms with Crippen molar-refractivity contribution in [3.63, 3.8) is 0 Å². The van der Waals surface area contributed by atoms with Gasteiger partial charge in [0.1, 0.15) is 0 Å². The van der Waals surface area contributed by atoms with Gasteiger partial charge >= 0.3 is 0 Å². The smallest absolute Gasteiger partial charge is 0.237 e. The monoisotopic (exact) mass is 211 g/mol. The van der Waals surface area contributed by atoms with Crippen molar-refractivity contribution in [3.05, 3.63) is 0 Å². The Bertz CT molecular complexity index is 225. The molecule has 1 aliphatic rings. The quantitative estimate of drug-likeness (QED) is 0.691. The first-order valence-corrected chi connectivity index (χ1v) is 5.60. The molecule has 1 rings (SSSR count). The van der Waals surface area contributed by atoms with Gasteiger partial charge < -0.3 is 10.6 Å². The Morgan fingerprint density at radius 2 is 2.40 bits per heavy atom. The molecule has 1 aliphatic heterocycles. The second-order valence-corrected chi connectivity index (χ2v) is 4.14. The lowest BCUT2D eigenvalue weighted by Gasteiger charge is -2.20. The maximum absolute atomic E-state index is 11.7. The molecule has 3 unspecified atom stereocenters. The Hall–Kier alpha value is -0.900. The lowest BCUT2D eigenvalue weighted by molar-refractivity contribution is -0.123. The summed E-state index contributed by atoms with van der Waals surface area (Å²) in [5.41, 5.74) is 0. The number of amides is 1. The fraction of sp³-hybridized carbons (Fsp3) is 0.818. The van der Waals surface area contributed by atoms with E-state index in [-0.39, 0.29) is 17.9 Å². The minimum atomic E-state index is -0.468. The van der Waals surface area contributed by atoms with Gasteiger partial charge in [-0.25, -0.2) is 0 Å². The average molecular weight is 211 g/mol. The minimum absolute atomic E-state index is 0.0684. The summed E-state index contributed by atoms with van der Waals surface area (Å²) in [5.74, 6) is 0.0778. The van der Waals surface area contributed by atoms with Crippen molar-refractivity contribution in [2.75, 3.05) is 6.54 Å². The van der Waals surface area contributed by atoms with Crippen LogP contribution in [-0.4, -0.2) is 30.8 Å². The van der Waals surface area contributed by atoms with Crippen molar-refractivity contribution >= 4 is 12.2 Å². The number of nitrogens with one attached hydrogen (secondary N) is 2. The summed E-state index contributed by atoms with van der Waals surface area (Å²) in [6, 6.07) is -0.588. The molecule has 3 atom stereocenters. The molecule has 15 heavy (non-hydrogen) atoms. The Labute approximate surface area is 90.8 Å². The van der Waals surface area contributed by atoms with Crippen LogP contribution in [0.5, 0.6) is 0 Å². The first-order valence-electron chi connectivity index (χ1n) is 5.60. The molecule has 1 fully saturated rings. The molecule has 0 aromatic carbocycles. The SMILES string of the molecule is CCC(C)C([C]=O)NC(=O)C1CCCN1. The van der Waals surface area contributed by atoms with Crippen LogP contribution in [0.2, 0.25) is 0 Å². The molecule has 4 nitrogen and oxygen atoms in total. The van der Waals surface area contributed by atoms with Crippen LogP contribution in [0.15, 0.2) is 0 Å². The zero-order chi connectivity index (χ0) is 11.3. The summed E-state index contributed by atoms with van der Waals surface area (Å²) in [4.78, 5) is 22.4. The summed E-state index contributed by atoms with van der Waals surface area (Å²) in [6.07, 6.45) is 4.64. The predicted molar refractivity (Wildman–Crippen MR) is 58.1 cm³/mol. The summed E-state index contributed by atoms with van der Waals surface area (Å²) in [6.45, 7) is 4.82. The number of hydrogen-bond donors (Lipinski definition) is 2. The highest BCUT2D eigenvalue weighted by atomic mass is 16.2. The average Bonchev–Trinajstić information content (AvgIpc) is 2.77. The standard InChI is InChI=1S/C11H19N2O2/c1-3-8(2)10(7-14)13-11(15)9-5-4-6-12-9/h8-10,12H,3-6H2,1-2H3,(H,13,15). The summed E-state index contributed by atoms with van der Waals surface area (Å²) < 4.78 is 0. The second-order valence-electron chi connectivity index (χ2n) is 4.14. The van der Waals surface area contributed by atoms with Gasteiger partial charge in [-0.05, 0) is 25.3 Å². The molecule has 85 valence electrons. The van der Waals surface area contributed by atoms with Crippen molar-refractivity contribution in [2.24, 2.45) is 5.92 Å². The lowest BCUT2D eigenvalue weighted by atomic mass is 10.00. The summed E-state index contributed by atoms with van der Waals surface area (Å²) >= 11 is 0. The number of carbonyl (C=O) groups excluding carboxylic acids is 2. The van der Waals surface area contributed by atoms with Gasteiger partial charge in [-0.1, -0.05) is 20.3 Å². The molecule has 0 saturated carbocycles. The van der Waals surface area contributed by atoms with Gasteiger partial charge in [0.05, 0.1) is 12.1 Å². The minimum Gasteiger partial charge on any atom is -0.344 e. The van der Waals surface area contributed by atoms with Gasteiger partial charge in [-0.15, -0.1) is 0 Å². The fourth-order valence-electron chi connectivity index (χ4n) is 1.69. The molecule has 0 aromatic rings. The molecular formula is C11H19N2O2. The van der Waals surface area contributed by atoms with Gasteiger partial charge in [0.15, 0.2) is 0 Å². The molecule has 0 aliphatic carbocycles. The van der Waals surface area contributed by atoms with E-state index in [1.54, 1.807) is 0 Å². The van der Waals surface area contributed by atoms with Crippen molar-refractivity contribution in [1.29, 1.82) is 0 Å². The van der Waals surface area contributed by atoms with Gasteiger partial charge in [0.25, 0.3) is 0 Å². The van der Waals surface area contributed by atoms with Gasteiger partial charge in [0, 0.05) is 0 Å². The summed E-state index contributed by atoms with van der Waals surface area (Å²) in [5, 5.41) is 5.84. The Balaban J connectivity index is 2.43. The highest BCUT2D eigenvalue weighted by molar-refractivity contribution is 5.84.